The van der Waals surface area contributed by atoms with Gasteiger partial charge in [0.25, 0.3) is 0 Å². The molecule has 2 nitrogen and oxygen atoms in total. The van der Waals surface area contributed by atoms with Gasteiger partial charge in [-0.25, -0.2) is 5.32 Å². The molecular formula is C8H19N2. The highest BCUT2D eigenvalue weighted by Gasteiger charge is 2.04. The summed E-state index contributed by atoms with van der Waals surface area (Å²) in [5.74, 6) is 0. The highest BCUT2D eigenvalue weighted by Crippen LogP contribution is 1.89. The lowest BCUT2D eigenvalue weighted by Crippen LogP contribution is -2.40. The van der Waals surface area contributed by atoms with Crippen molar-refractivity contribution in [3.05, 3.63) is 0 Å². The monoisotopic (exact) mass is 143 g/mol. The lowest BCUT2D eigenvalue weighted by molar-refractivity contribution is 0.383. The molecule has 0 aromatic rings. The first kappa shape index (κ1) is 9.92. The average Bonchev–Trinajstić information content (AvgIpc) is 1.86. The number of nitrogens with zero attached hydrogens (tertiary/aromatic N) is 1. The van der Waals surface area contributed by atoms with Crippen LogP contribution in [-0.4, -0.2) is 18.8 Å². The van der Waals surface area contributed by atoms with Crippen molar-refractivity contribution >= 4 is 0 Å². The Bertz CT molecular complexity index is 71.7. The number of nitrogens with one attached hydrogen (secondary N) is 1. The Balaban J connectivity index is 3.39. The van der Waals surface area contributed by atoms with Gasteiger partial charge in [-0.05, 0) is 20.3 Å². The van der Waals surface area contributed by atoms with Gasteiger partial charge in [-0.15, -0.1) is 0 Å². The number of hydrogen-bond donors (Lipinski definition) is 1. The van der Waals surface area contributed by atoms with Crippen LogP contribution in [0.5, 0.6) is 0 Å². The molecule has 0 amide bonds. The van der Waals surface area contributed by atoms with E-state index in [0.29, 0.717) is 12.2 Å². The third kappa shape index (κ3) is 4.77. The molecule has 0 aromatic carbocycles. The Morgan fingerprint density at radius 2 is 1.90 bits per heavy atom. The molecule has 0 aliphatic carbocycles. The van der Waals surface area contributed by atoms with Crippen molar-refractivity contribution in [2.45, 2.75) is 46.3 Å². The van der Waals surface area contributed by atoms with Gasteiger partial charge >= 0.3 is 0 Å². The van der Waals surface area contributed by atoms with Crippen LogP contribution in [0.3, 0.4) is 0 Å². The van der Waals surface area contributed by atoms with E-state index in [-0.39, 0.29) is 0 Å². The van der Waals surface area contributed by atoms with Gasteiger partial charge in [-0.3, -0.25) is 5.32 Å². The minimum Gasteiger partial charge on any atom is -0.298 e. The molecule has 0 fully saturated rings. The second-order valence-corrected chi connectivity index (χ2v) is 2.74. The van der Waals surface area contributed by atoms with E-state index in [1.54, 1.807) is 0 Å². The van der Waals surface area contributed by atoms with Crippen molar-refractivity contribution in [1.82, 2.24) is 10.6 Å². The molecule has 10 heavy (non-hydrogen) atoms. The highest BCUT2D eigenvalue weighted by atomic mass is 15.1. The van der Waals surface area contributed by atoms with Crippen LogP contribution in [0.1, 0.15) is 34.1 Å². The van der Waals surface area contributed by atoms with Crippen molar-refractivity contribution in [1.29, 1.82) is 0 Å². The summed E-state index contributed by atoms with van der Waals surface area (Å²) in [5, 5.41) is 7.74. The van der Waals surface area contributed by atoms with Crippen LogP contribution in [0.4, 0.5) is 0 Å². The SMILES string of the molecule is CC[N]C(CC)NC(C)C. The molecule has 0 saturated heterocycles. The predicted molar refractivity (Wildman–Crippen MR) is 45.0 cm³/mol. The van der Waals surface area contributed by atoms with Crippen LogP contribution >= 0.6 is 0 Å². The fourth-order valence-corrected chi connectivity index (χ4v) is 0.905. The largest absolute Gasteiger partial charge is 0.298 e. The van der Waals surface area contributed by atoms with Crippen LogP contribution < -0.4 is 10.6 Å². The maximum absolute atomic E-state index is 4.37. The van der Waals surface area contributed by atoms with Crippen LogP contribution in [0.2, 0.25) is 0 Å². The molecule has 0 saturated carbocycles. The lowest BCUT2D eigenvalue weighted by atomic mass is 10.3. The minimum absolute atomic E-state index is 0.366. The van der Waals surface area contributed by atoms with Crippen molar-refractivity contribution in [3.8, 4) is 0 Å². The summed E-state index contributed by atoms with van der Waals surface area (Å²) in [5.41, 5.74) is 0. The predicted octanol–water partition coefficient (Wildman–Crippen LogP) is 1.34. The van der Waals surface area contributed by atoms with Crippen LogP contribution in [0.15, 0.2) is 0 Å². The smallest absolute Gasteiger partial charge is 0.0735 e. The fourth-order valence-electron chi connectivity index (χ4n) is 0.905. The van der Waals surface area contributed by atoms with E-state index in [1.807, 2.05) is 0 Å². The first-order chi connectivity index (χ1) is 4.70. The summed E-state index contributed by atoms with van der Waals surface area (Å²) in [6, 6.07) is 0.542. The van der Waals surface area contributed by atoms with Gasteiger partial charge in [-0.2, -0.15) is 0 Å². The molecule has 0 rings (SSSR count). The maximum Gasteiger partial charge on any atom is 0.0735 e. The molecule has 0 heterocycles. The Labute approximate surface area is 64.4 Å². The lowest BCUT2D eigenvalue weighted by Gasteiger charge is -2.18. The summed E-state index contributed by atoms with van der Waals surface area (Å²) in [7, 11) is 0. The molecule has 1 radical (unpaired) electrons. The summed E-state index contributed by atoms with van der Waals surface area (Å²) in [6.45, 7) is 9.43. The van der Waals surface area contributed by atoms with E-state index in [2.05, 4.69) is 38.3 Å². The molecule has 1 N–H and O–H groups in total. The van der Waals surface area contributed by atoms with E-state index in [9.17, 15) is 0 Å². The summed E-state index contributed by atoms with van der Waals surface area (Å²) >= 11 is 0. The zero-order valence-electron chi connectivity index (χ0n) is 7.52. The van der Waals surface area contributed by atoms with Gasteiger partial charge in [0.15, 0.2) is 0 Å². The van der Waals surface area contributed by atoms with Gasteiger partial charge in [0.05, 0.1) is 6.17 Å². The zero-order chi connectivity index (χ0) is 7.98. The van der Waals surface area contributed by atoms with Crippen LogP contribution in [0.25, 0.3) is 0 Å². The van der Waals surface area contributed by atoms with Crippen molar-refractivity contribution in [2.75, 3.05) is 6.54 Å². The molecule has 1 atom stereocenters. The van der Waals surface area contributed by atoms with Crippen LogP contribution in [0, 0.1) is 0 Å². The second-order valence-electron chi connectivity index (χ2n) is 2.74. The number of hydrogen-bond acceptors (Lipinski definition) is 1. The first-order valence-electron chi connectivity index (χ1n) is 4.13. The zero-order valence-corrected chi connectivity index (χ0v) is 7.52. The average molecular weight is 143 g/mol. The quantitative estimate of drug-likeness (QED) is 0.617. The molecule has 0 spiro atoms. The van der Waals surface area contributed by atoms with Gasteiger partial charge < -0.3 is 0 Å². The van der Waals surface area contributed by atoms with Gasteiger partial charge in [-0.1, -0.05) is 13.8 Å². The first-order valence-corrected chi connectivity index (χ1v) is 4.13. The molecular weight excluding hydrogens is 124 g/mol. The summed E-state index contributed by atoms with van der Waals surface area (Å²) in [6.07, 6.45) is 1.46. The fraction of sp³-hybridized carbons (Fsp3) is 1.00. The van der Waals surface area contributed by atoms with E-state index in [4.69, 9.17) is 0 Å². The van der Waals surface area contributed by atoms with Crippen LogP contribution in [-0.2, 0) is 0 Å². The minimum atomic E-state index is 0.366. The van der Waals surface area contributed by atoms with Crippen molar-refractivity contribution in [2.24, 2.45) is 0 Å². The Morgan fingerprint density at radius 3 is 2.20 bits per heavy atom. The molecule has 61 valence electrons. The third-order valence-corrected chi connectivity index (χ3v) is 1.32. The topological polar surface area (TPSA) is 26.1 Å². The summed E-state index contributed by atoms with van der Waals surface area (Å²) < 4.78 is 0. The van der Waals surface area contributed by atoms with Gasteiger partial charge in [0.2, 0.25) is 0 Å². The van der Waals surface area contributed by atoms with E-state index < -0.39 is 0 Å². The number of rotatable bonds is 5. The molecule has 0 bridgehead atoms. The maximum atomic E-state index is 4.37. The molecule has 2 heteroatoms. The third-order valence-electron chi connectivity index (χ3n) is 1.32. The van der Waals surface area contributed by atoms with Crippen molar-refractivity contribution in [3.63, 3.8) is 0 Å². The Morgan fingerprint density at radius 1 is 1.30 bits per heavy atom. The molecule has 0 aromatic heterocycles. The Kier molecular flexibility index (Phi) is 5.64. The van der Waals surface area contributed by atoms with Gasteiger partial charge in [0, 0.05) is 12.6 Å². The molecule has 1 unspecified atom stereocenters. The molecule has 0 aliphatic rings. The Hall–Kier alpha value is -0.0800. The summed E-state index contributed by atoms with van der Waals surface area (Å²) in [4.78, 5) is 0. The van der Waals surface area contributed by atoms with E-state index in [1.165, 1.54) is 0 Å². The molecule has 0 aliphatic heterocycles. The standard InChI is InChI=1S/C8H19N2/c1-5-8(9-6-2)10-7(3)4/h7-8,10H,5-6H2,1-4H3. The van der Waals surface area contributed by atoms with E-state index in [0.717, 1.165) is 13.0 Å². The van der Waals surface area contributed by atoms with Crippen molar-refractivity contribution < 1.29 is 0 Å². The van der Waals surface area contributed by atoms with Gasteiger partial charge in [0.1, 0.15) is 0 Å². The van der Waals surface area contributed by atoms with E-state index >= 15 is 0 Å². The highest BCUT2D eigenvalue weighted by molar-refractivity contribution is 4.63. The normalized spacial score (nSPS) is 14.1. The second kappa shape index (κ2) is 5.69.